The summed E-state index contributed by atoms with van der Waals surface area (Å²) in [6.07, 6.45) is 0. The Balaban J connectivity index is 2.98. The highest BCUT2D eigenvalue weighted by Crippen LogP contribution is 2.15. The lowest BCUT2D eigenvalue weighted by molar-refractivity contribution is -0.385. The molecule has 0 radical (unpaired) electrons. The lowest BCUT2D eigenvalue weighted by Gasteiger charge is -2.17. The van der Waals surface area contributed by atoms with E-state index in [2.05, 4.69) is 15.9 Å². The van der Waals surface area contributed by atoms with Crippen molar-refractivity contribution in [1.82, 2.24) is 9.48 Å². The topological polar surface area (TPSA) is 95.3 Å². The standard InChI is InChI=1S/C9H8BrN3O4/c1-9(2)11(14)7-4-5(13(16)17)3-6(10)8(7)12(9)15/h3-4H,1-2H3. The second kappa shape index (κ2) is 3.39. The minimum absolute atomic E-state index is 0.00563. The number of nitro benzene ring substituents is 1. The molecule has 0 saturated heterocycles. The lowest BCUT2D eigenvalue weighted by Crippen LogP contribution is -2.46. The Morgan fingerprint density at radius 3 is 2.41 bits per heavy atom. The Morgan fingerprint density at radius 2 is 1.88 bits per heavy atom. The maximum atomic E-state index is 11.9. The van der Waals surface area contributed by atoms with Crippen LogP contribution >= 0.6 is 15.9 Å². The van der Waals surface area contributed by atoms with Crippen molar-refractivity contribution in [3.8, 4) is 0 Å². The maximum Gasteiger partial charge on any atom is 0.366 e. The highest BCUT2D eigenvalue weighted by molar-refractivity contribution is 9.10. The van der Waals surface area contributed by atoms with Crippen LogP contribution in [0.4, 0.5) is 5.69 Å². The first-order valence-corrected chi connectivity index (χ1v) is 5.49. The molecule has 0 saturated carbocycles. The van der Waals surface area contributed by atoms with Gasteiger partial charge in [0.05, 0.1) is 24.8 Å². The highest BCUT2D eigenvalue weighted by Gasteiger charge is 2.43. The monoisotopic (exact) mass is 301 g/mol. The van der Waals surface area contributed by atoms with Crippen LogP contribution in [-0.4, -0.2) is 10.6 Å². The summed E-state index contributed by atoms with van der Waals surface area (Å²) in [5.74, 6) is 0. The third kappa shape index (κ3) is 1.47. The molecule has 1 heterocycles. The Hall–Kier alpha value is -1.70. The SMILES string of the molecule is CC1(C)[N+]([O-])=c2cc([N+](=O)[O-])cc(Br)c2=[N+]1[O-]. The van der Waals surface area contributed by atoms with Gasteiger partial charge in [-0.2, -0.15) is 0 Å². The van der Waals surface area contributed by atoms with Crippen molar-refractivity contribution < 1.29 is 4.92 Å². The van der Waals surface area contributed by atoms with Crippen LogP contribution < -0.4 is 20.2 Å². The molecule has 1 aliphatic rings. The van der Waals surface area contributed by atoms with Gasteiger partial charge in [0.15, 0.2) is 0 Å². The Labute approximate surface area is 104 Å². The van der Waals surface area contributed by atoms with E-state index < -0.39 is 10.6 Å². The largest absolute Gasteiger partial charge is 0.618 e. The van der Waals surface area contributed by atoms with E-state index in [1.807, 2.05) is 0 Å². The third-order valence-electron chi connectivity index (χ3n) is 2.65. The van der Waals surface area contributed by atoms with E-state index in [4.69, 9.17) is 0 Å². The average Bonchev–Trinajstić information content (AvgIpc) is 2.41. The molecule has 1 aromatic rings. The number of benzene rings is 1. The van der Waals surface area contributed by atoms with Gasteiger partial charge in [-0.3, -0.25) is 10.1 Å². The van der Waals surface area contributed by atoms with Crippen molar-refractivity contribution in [1.29, 1.82) is 0 Å². The lowest BCUT2D eigenvalue weighted by atomic mass is 10.3. The number of halogens is 1. The molecule has 0 bridgehead atoms. The molecule has 1 aliphatic heterocycles. The summed E-state index contributed by atoms with van der Waals surface area (Å²) in [6.45, 7) is 2.90. The molecule has 0 N–H and O–H groups in total. The third-order valence-corrected chi connectivity index (χ3v) is 3.26. The van der Waals surface area contributed by atoms with Crippen LogP contribution in [0.25, 0.3) is 0 Å². The fourth-order valence-corrected chi connectivity index (χ4v) is 2.28. The van der Waals surface area contributed by atoms with E-state index in [1.165, 1.54) is 19.9 Å². The zero-order chi connectivity index (χ0) is 13.0. The van der Waals surface area contributed by atoms with Crippen LogP contribution in [0.2, 0.25) is 0 Å². The van der Waals surface area contributed by atoms with E-state index in [0.29, 0.717) is 9.48 Å². The van der Waals surface area contributed by atoms with Gasteiger partial charge in [0.1, 0.15) is 4.47 Å². The number of non-ortho nitro benzene ring substituents is 1. The molecule has 0 fully saturated rings. The van der Waals surface area contributed by atoms with Crippen molar-refractivity contribution >= 4 is 21.6 Å². The van der Waals surface area contributed by atoms with Gasteiger partial charge in [0.25, 0.3) is 11.0 Å². The number of rotatable bonds is 1. The number of hydrogen-bond donors (Lipinski definition) is 0. The van der Waals surface area contributed by atoms with E-state index in [-0.39, 0.29) is 20.9 Å². The molecule has 0 unspecified atom stereocenters. The Morgan fingerprint density at radius 1 is 1.29 bits per heavy atom. The van der Waals surface area contributed by atoms with Crippen LogP contribution in [0, 0.1) is 20.5 Å². The molecule has 0 atom stereocenters. The van der Waals surface area contributed by atoms with Crippen LogP contribution in [-0.2, 0) is 0 Å². The predicted molar refractivity (Wildman–Crippen MR) is 63.3 cm³/mol. The van der Waals surface area contributed by atoms with Crippen LogP contribution in [0.5, 0.6) is 0 Å². The smallest absolute Gasteiger partial charge is 0.366 e. The summed E-state index contributed by atoms with van der Waals surface area (Å²) in [6, 6.07) is 2.31. The van der Waals surface area contributed by atoms with Crippen molar-refractivity contribution in [3.05, 3.63) is 47.8 Å². The number of nitro groups is 1. The van der Waals surface area contributed by atoms with Gasteiger partial charge in [-0.25, -0.2) is 0 Å². The van der Waals surface area contributed by atoms with E-state index in [9.17, 15) is 20.5 Å². The Kier molecular flexibility index (Phi) is 2.35. The molecule has 17 heavy (non-hydrogen) atoms. The van der Waals surface area contributed by atoms with Gasteiger partial charge in [0, 0.05) is 6.07 Å². The Bertz CT molecular complexity index is 653. The molecule has 90 valence electrons. The predicted octanol–water partition coefficient (Wildman–Crippen LogP) is 0.0848. The summed E-state index contributed by atoms with van der Waals surface area (Å²) in [7, 11) is 0. The first-order valence-electron chi connectivity index (χ1n) is 4.69. The summed E-state index contributed by atoms with van der Waals surface area (Å²) >= 11 is 3.07. The molecule has 8 heteroatoms. The zero-order valence-corrected chi connectivity index (χ0v) is 10.6. The molecule has 0 aliphatic carbocycles. The average molecular weight is 302 g/mol. The maximum absolute atomic E-state index is 11.9. The quantitative estimate of drug-likeness (QED) is 0.318. The number of hydrogen-bond acceptors (Lipinski definition) is 4. The molecular formula is C9H8BrN3O4. The highest BCUT2D eigenvalue weighted by atomic mass is 79.9. The molecule has 0 spiro atoms. The normalized spacial score (nSPS) is 17.1. The molecule has 7 nitrogen and oxygen atoms in total. The summed E-state index contributed by atoms with van der Waals surface area (Å²) in [5.41, 5.74) is -1.54. The van der Waals surface area contributed by atoms with Crippen molar-refractivity contribution in [2.24, 2.45) is 0 Å². The minimum atomic E-state index is -1.31. The second-order valence-corrected chi connectivity index (χ2v) is 4.99. The molecular weight excluding hydrogens is 294 g/mol. The second-order valence-electron chi connectivity index (χ2n) is 4.14. The summed E-state index contributed by atoms with van der Waals surface area (Å²) < 4.78 is 1.26. The van der Waals surface area contributed by atoms with Crippen molar-refractivity contribution in [2.75, 3.05) is 0 Å². The van der Waals surface area contributed by atoms with Gasteiger partial charge in [-0.1, -0.05) is 0 Å². The number of fused-ring (bicyclic) bond motifs is 1. The van der Waals surface area contributed by atoms with Gasteiger partial charge in [-0.15, -0.1) is 9.48 Å². The fourth-order valence-electron chi connectivity index (χ4n) is 1.68. The van der Waals surface area contributed by atoms with Gasteiger partial charge in [0.2, 0.25) is 0 Å². The van der Waals surface area contributed by atoms with E-state index in [1.54, 1.807) is 0 Å². The van der Waals surface area contributed by atoms with Gasteiger partial charge >= 0.3 is 11.0 Å². The van der Waals surface area contributed by atoms with Crippen LogP contribution in [0.1, 0.15) is 13.8 Å². The zero-order valence-electron chi connectivity index (χ0n) is 9.01. The number of nitrogens with zero attached hydrogens (tertiary/aromatic N) is 3. The van der Waals surface area contributed by atoms with Gasteiger partial charge < -0.3 is 10.4 Å². The van der Waals surface area contributed by atoms with E-state index >= 15 is 0 Å². The molecule has 2 rings (SSSR count). The first-order chi connectivity index (χ1) is 7.76. The number of hydroxylamine groups is 2. The molecule has 0 aromatic heterocycles. The van der Waals surface area contributed by atoms with Crippen LogP contribution in [0.3, 0.4) is 0 Å². The summed E-state index contributed by atoms with van der Waals surface area (Å²) in [5, 5.41) is 34.6. The molecule has 0 amide bonds. The van der Waals surface area contributed by atoms with Gasteiger partial charge in [-0.05, 0) is 15.9 Å². The van der Waals surface area contributed by atoms with Crippen LogP contribution in [0.15, 0.2) is 16.6 Å². The fraction of sp³-hybridized carbons (Fsp3) is 0.333. The van der Waals surface area contributed by atoms with Crippen molar-refractivity contribution in [3.63, 3.8) is 0 Å². The summed E-state index contributed by atoms with van der Waals surface area (Å²) in [4.78, 5) is 10.1. The first kappa shape index (κ1) is 11.8. The molecule has 1 aromatic carbocycles. The minimum Gasteiger partial charge on any atom is -0.618 e. The van der Waals surface area contributed by atoms with E-state index in [0.717, 1.165) is 6.07 Å². The van der Waals surface area contributed by atoms with Crippen molar-refractivity contribution in [2.45, 2.75) is 19.5 Å².